The maximum absolute atomic E-state index is 5.59. The smallest absolute Gasteiger partial charge is 0.119 e. The Kier molecular flexibility index (Phi) is 2.96. The zero-order valence-corrected chi connectivity index (χ0v) is 9.45. The first kappa shape index (κ1) is 10.5. The first-order valence-corrected chi connectivity index (χ1v) is 5.62. The van der Waals surface area contributed by atoms with E-state index in [1.54, 1.807) is 0 Å². The largest absolute Gasteiger partial charge is 0.494 e. The lowest BCUT2D eigenvalue weighted by Gasteiger charge is -2.08. The molecule has 1 aliphatic heterocycles. The highest BCUT2D eigenvalue weighted by molar-refractivity contribution is 5.32. The molecule has 1 aliphatic rings. The lowest BCUT2D eigenvalue weighted by atomic mass is 10.0. The predicted molar refractivity (Wildman–Crippen MR) is 60.1 cm³/mol. The lowest BCUT2D eigenvalue weighted by molar-refractivity contribution is 0.308. The van der Waals surface area contributed by atoms with Crippen LogP contribution in [0.25, 0.3) is 0 Å². The van der Waals surface area contributed by atoms with E-state index in [-0.39, 0.29) is 5.60 Å². The van der Waals surface area contributed by atoms with Crippen LogP contribution in [-0.2, 0) is 10.3 Å². The third-order valence-electron chi connectivity index (χ3n) is 2.81. The third-order valence-corrected chi connectivity index (χ3v) is 2.81. The van der Waals surface area contributed by atoms with Gasteiger partial charge in [0, 0.05) is 0 Å². The van der Waals surface area contributed by atoms with Crippen LogP contribution in [0.5, 0.6) is 5.75 Å². The Bertz CT molecular complexity index is 312. The number of epoxide rings is 1. The van der Waals surface area contributed by atoms with Crippen LogP contribution in [-0.4, -0.2) is 13.2 Å². The maximum Gasteiger partial charge on any atom is 0.119 e. The molecule has 1 heterocycles. The molecule has 0 aliphatic carbocycles. The summed E-state index contributed by atoms with van der Waals surface area (Å²) in [4.78, 5) is 0. The van der Waals surface area contributed by atoms with Gasteiger partial charge in [-0.3, -0.25) is 0 Å². The lowest BCUT2D eigenvalue weighted by Crippen LogP contribution is -2.02. The van der Waals surface area contributed by atoms with Gasteiger partial charge in [-0.25, -0.2) is 0 Å². The van der Waals surface area contributed by atoms with Gasteiger partial charge < -0.3 is 9.47 Å². The van der Waals surface area contributed by atoms with E-state index in [2.05, 4.69) is 26.0 Å². The zero-order valence-electron chi connectivity index (χ0n) is 9.45. The molecule has 1 saturated heterocycles. The second kappa shape index (κ2) is 4.23. The van der Waals surface area contributed by atoms with Crippen molar-refractivity contribution in [1.29, 1.82) is 0 Å². The SMILES string of the molecule is CCCCOc1ccc(C2(C)CO2)cc1. The predicted octanol–water partition coefficient (Wildman–Crippen LogP) is 3.11. The van der Waals surface area contributed by atoms with Crippen LogP contribution in [0.1, 0.15) is 32.3 Å². The maximum atomic E-state index is 5.59. The van der Waals surface area contributed by atoms with Crippen LogP contribution in [0.15, 0.2) is 24.3 Å². The van der Waals surface area contributed by atoms with Crippen molar-refractivity contribution in [3.63, 3.8) is 0 Å². The molecule has 82 valence electrons. The molecular weight excluding hydrogens is 188 g/mol. The van der Waals surface area contributed by atoms with Crippen molar-refractivity contribution in [3.05, 3.63) is 29.8 Å². The van der Waals surface area contributed by atoms with Crippen molar-refractivity contribution in [1.82, 2.24) is 0 Å². The van der Waals surface area contributed by atoms with Gasteiger partial charge in [0.2, 0.25) is 0 Å². The van der Waals surface area contributed by atoms with Gasteiger partial charge in [0.1, 0.15) is 11.4 Å². The number of hydrogen-bond donors (Lipinski definition) is 0. The summed E-state index contributed by atoms with van der Waals surface area (Å²) in [6.07, 6.45) is 2.28. The Labute approximate surface area is 91.2 Å². The van der Waals surface area contributed by atoms with Crippen LogP contribution in [0.2, 0.25) is 0 Å². The molecule has 1 aromatic carbocycles. The van der Waals surface area contributed by atoms with Gasteiger partial charge in [-0.05, 0) is 31.0 Å². The normalized spacial score (nSPS) is 23.9. The summed E-state index contributed by atoms with van der Waals surface area (Å²) in [6, 6.07) is 8.23. The molecule has 0 saturated carbocycles. The van der Waals surface area contributed by atoms with Crippen LogP contribution in [0.3, 0.4) is 0 Å². The van der Waals surface area contributed by atoms with E-state index in [1.165, 1.54) is 12.0 Å². The summed E-state index contributed by atoms with van der Waals surface area (Å²) in [5, 5.41) is 0. The average molecular weight is 206 g/mol. The Hall–Kier alpha value is -1.02. The molecule has 1 fully saturated rings. The van der Waals surface area contributed by atoms with Crippen molar-refractivity contribution in [2.45, 2.75) is 32.3 Å². The Morgan fingerprint density at radius 2 is 2.00 bits per heavy atom. The number of rotatable bonds is 5. The van der Waals surface area contributed by atoms with E-state index in [0.29, 0.717) is 0 Å². The quantitative estimate of drug-likeness (QED) is 0.545. The minimum atomic E-state index is -0.0258. The van der Waals surface area contributed by atoms with E-state index < -0.39 is 0 Å². The van der Waals surface area contributed by atoms with Crippen LogP contribution in [0, 0.1) is 0 Å². The number of hydrogen-bond acceptors (Lipinski definition) is 2. The van der Waals surface area contributed by atoms with Gasteiger partial charge in [-0.2, -0.15) is 0 Å². The van der Waals surface area contributed by atoms with Crippen molar-refractivity contribution < 1.29 is 9.47 Å². The molecule has 1 atom stereocenters. The molecule has 15 heavy (non-hydrogen) atoms. The molecule has 0 aromatic heterocycles. The van der Waals surface area contributed by atoms with Gasteiger partial charge >= 0.3 is 0 Å². The monoisotopic (exact) mass is 206 g/mol. The Morgan fingerprint density at radius 3 is 2.53 bits per heavy atom. The molecule has 0 bridgehead atoms. The third kappa shape index (κ3) is 2.51. The standard InChI is InChI=1S/C13H18O2/c1-3-4-9-14-12-7-5-11(6-8-12)13(2)10-15-13/h5-8H,3-4,9-10H2,1-2H3. The van der Waals surface area contributed by atoms with Crippen LogP contribution < -0.4 is 4.74 Å². The molecule has 2 rings (SSSR count). The summed E-state index contributed by atoms with van der Waals surface area (Å²) < 4.78 is 11.0. The molecule has 0 spiro atoms. The Morgan fingerprint density at radius 1 is 1.33 bits per heavy atom. The van der Waals surface area contributed by atoms with E-state index in [1.807, 2.05) is 12.1 Å². The van der Waals surface area contributed by atoms with Crippen LogP contribution >= 0.6 is 0 Å². The molecular formula is C13H18O2. The summed E-state index contributed by atoms with van der Waals surface area (Å²) in [6.45, 7) is 5.92. The van der Waals surface area contributed by atoms with E-state index in [9.17, 15) is 0 Å². The first-order valence-electron chi connectivity index (χ1n) is 5.62. The minimum absolute atomic E-state index is 0.0258. The molecule has 1 unspecified atom stereocenters. The number of unbranched alkanes of at least 4 members (excludes halogenated alkanes) is 1. The number of ether oxygens (including phenoxy) is 2. The summed E-state index contributed by atoms with van der Waals surface area (Å²) in [5.74, 6) is 0.955. The molecule has 0 amide bonds. The van der Waals surface area contributed by atoms with Gasteiger partial charge in [0.05, 0.1) is 13.2 Å². The van der Waals surface area contributed by atoms with Crippen molar-refractivity contribution in [2.24, 2.45) is 0 Å². The van der Waals surface area contributed by atoms with Crippen molar-refractivity contribution in [3.8, 4) is 5.75 Å². The second-order valence-electron chi connectivity index (χ2n) is 4.25. The second-order valence-corrected chi connectivity index (χ2v) is 4.25. The molecule has 2 nitrogen and oxygen atoms in total. The van der Waals surface area contributed by atoms with Gasteiger partial charge in [0.25, 0.3) is 0 Å². The fraction of sp³-hybridized carbons (Fsp3) is 0.538. The highest BCUT2D eigenvalue weighted by Gasteiger charge is 2.40. The molecule has 0 radical (unpaired) electrons. The zero-order chi connectivity index (χ0) is 10.7. The van der Waals surface area contributed by atoms with Gasteiger partial charge in [-0.15, -0.1) is 0 Å². The topological polar surface area (TPSA) is 21.8 Å². The van der Waals surface area contributed by atoms with Crippen LogP contribution in [0.4, 0.5) is 0 Å². The minimum Gasteiger partial charge on any atom is -0.494 e. The van der Waals surface area contributed by atoms with Gasteiger partial charge in [0.15, 0.2) is 0 Å². The summed E-state index contributed by atoms with van der Waals surface area (Å²) in [7, 11) is 0. The summed E-state index contributed by atoms with van der Waals surface area (Å²) in [5.41, 5.74) is 1.22. The first-order chi connectivity index (χ1) is 7.24. The van der Waals surface area contributed by atoms with E-state index >= 15 is 0 Å². The highest BCUT2D eigenvalue weighted by Crippen LogP contribution is 2.38. The molecule has 0 N–H and O–H groups in total. The average Bonchev–Trinajstić information content (AvgIpc) is 2.99. The van der Waals surface area contributed by atoms with E-state index in [0.717, 1.165) is 25.4 Å². The van der Waals surface area contributed by atoms with Crippen molar-refractivity contribution >= 4 is 0 Å². The fourth-order valence-corrected chi connectivity index (χ4v) is 1.51. The van der Waals surface area contributed by atoms with Crippen molar-refractivity contribution in [2.75, 3.05) is 13.2 Å². The highest BCUT2D eigenvalue weighted by atomic mass is 16.6. The summed E-state index contributed by atoms with van der Waals surface area (Å²) >= 11 is 0. The van der Waals surface area contributed by atoms with E-state index in [4.69, 9.17) is 9.47 Å². The van der Waals surface area contributed by atoms with Gasteiger partial charge in [-0.1, -0.05) is 25.5 Å². The number of benzene rings is 1. The fourth-order valence-electron chi connectivity index (χ4n) is 1.51. The molecule has 2 heteroatoms. The Balaban J connectivity index is 1.92. The molecule has 1 aromatic rings.